The lowest BCUT2D eigenvalue weighted by atomic mass is 10.2. The van der Waals surface area contributed by atoms with Gasteiger partial charge >= 0.3 is 5.97 Å². The minimum Gasteiger partial charge on any atom is -0.452 e. The summed E-state index contributed by atoms with van der Waals surface area (Å²) >= 11 is 0. The molecule has 112 valence electrons. The molecule has 0 spiro atoms. The Morgan fingerprint density at radius 3 is 2.71 bits per heavy atom. The summed E-state index contributed by atoms with van der Waals surface area (Å²) in [6.07, 6.45) is 2.45. The number of nitrogens with one attached hydrogen (secondary N) is 2. The molecule has 2 amide bonds. The van der Waals surface area contributed by atoms with E-state index in [1.165, 1.54) is 31.3 Å². The van der Waals surface area contributed by atoms with Gasteiger partial charge in [0.1, 0.15) is 5.82 Å². The van der Waals surface area contributed by atoms with Crippen LogP contribution in [0.15, 0.2) is 30.3 Å². The molecule has 0 aliphatic rings. The van der Waals surface area contributed by atoms with Crippen molar-refractivity contribution in [3.63, 3.8) is 0 Å². The van der Waals surface area contributed by atoms with Gasteiger partial charge in [-0.25, -0.2) is 9.18 Å². The average Bonchev–Trinajstić information content (AvgIpc) is 2.48. The average molecular weight is 294 g/mol. The van der Waals surface area contributed by atoms with E-state index in [9.17, 15) is 18.8 Å². The fraction of sp³-hybridized carbons (Fsp3) is 0.214. The first-order valence-electron chi connectivity index (χ1n) is 6.09. The van der Waals surface area contributed by atoms with E-state index in [0.717, 1.165) is 6.08 Å². The van der Waals surface area contributed by atoms with Crippen LogP contribution in [0.3, 0.4) is 0 Å². The van der Waals surface area contributed by atoms with Crippen LogP contribution in [0.5, 0.6) is 0 Å². The smallest absolute Gasteiger partial charge is 0.331 e. The molecule has 0 bridgehead atoms. The van der Waals surface area contributed by atoms with Crippen LogP contribution in [-0.4, -0.2) is 38.0 Å². The molecule has 0 aliphatic carbocycles. The van der Waals surface area contributed by atoms with E-state index in [-0.39, 0.29) is 12.5 Å². The van der Waals surface area contributed by atoms with E-state index in [2.05, 4.69) is 15.4 Å². The van der Waals surface area contributed by atoms with E-state index < -0.39 is 24.3 Å². The summed E-state index contributed by atoms with van der Waals surface area (Å²) in [7, 11) is 1.44. The van der Waals surface area contributed by atoms with Crippen LogP contribution < -0.4 is 10.6 Å². The Kier molecular flexibility index (Phi) is 6.59. The number of benzene rings is 1. The third-order valence-corrected chi connectivity index (χ3v) is 2.33. The maximum atomic E-state index is 12.9. The summed E-state index contributed by atoms with van der Waals surface area (Å²) in [5.41, 5.74) is 0.496. The first kappa shape index (κ1) is 16.4. The van der Waals surface area contributed by atoms with E-state index >= 15 is 0 Å². The van der Waals surface area contributed by atoms with Crippen molar-refractivity contribution in [3.8, 4) is 0 Å². The van der Waals surface area contributed by atoms with E-state index in [1.807, 2.05) is 0 Å². The van der Waals surface area contributed by atoms with Crippen molar-refractivity contribution in [1.29, 1.82) is 0 Å². The summed E-state index contributed by atoms with van der Waals surface area (Å²) < 4.78 is 17.5. The highest BCUT2D eigenvalue weighted by atomic mass is 19.1. The Morgan fingerprint density at radius 2 is 2.05 bits per heavy atom. The van der Waals surface area contributed by atoms with Gasteiger partial charge in [-0.15, -0.1) is 0 Å². The van der Waals surface area contributed by atoms with Gasteiger partial charge in [-0.2, -0.15) is 0 Å². The molecule has 0 atom stereocenters. The number of ether oxygens (including phenoxy) is 1. The number of esters is 1. The maximum Gasteiger partial charge on any atom is 0.331 e. The SMILES string of the molecule is CNC(=O)CNC(=O)COC(=O)/C=C/c1cccc(F)c1. The van der Waals surface area contributed by atoms with Crippen LogP contribution >= 0.6 is 0 Å². The minimum atomic E-state index is -0.741. The van der Waals surface area contributed by atoms with Crippen LogP contribution in [0.1, 0.15) is 5.56 Å². The van der Waals surface area contributed by atoms with Crippen LogP contribution in [-0.2, 0) is 19.1 Å². The topological polar surface area (TPSA) is 84.5 Å². The van der Waals surface area contributed by atoms with Crippen molar-refractivity contribution >= 4 is 23.9 Å². The second-order valence-electron chi connectivity index (χ2n) is 3.95. The van der Waals surface area contributed by atoms with Crippen LogP contribution in [0.2, 0.25) is 0 Å². The zero-order valence-electron chi connectivity index (χ0n) is 11.4. The van der Waals surface area contributed by atoms with Gasteiger partial charge in [0.05, 0.1) is 6.54 Å². The fourth-order valence-corrected chi connectivity index (χ4v) is 1.28. The highest BCUT2D eigenvalue weighted by Gasteiger charge is 2.06. The van der Waals surface area contributed by atoms with E-state index in [0.29, 0.717) is 5.56 Å². The number of carbonyl (C=O) groups excluding carboxylic acids is 3. The van der Waals surface area contributed by atoms with Gasteiger partial charge in [0.25, 0.3) is 5.91 Å². The Morgan fingerprint density at radius 1 is 1.29 bits per heavy atom. The van der Waals surface area contributed by atoms with Gasteiger partial charge in [-0.05, 0) is 23.8 Å². The predicted octanol–water partition coefficient (Wildman–Crippen LogP) is 0.244. The lowest BCUT2D eigenvalue weighted by Crippen LogP contribution is -2.37. The molecule has 0 unspecified atom stereocenters. The monoisotopic (exact) mass is 294 g/mol. The molecular formula is C14H15FN2O4. The molecule has 7 heteroatoms. The molecule has 1 rings (SSSR count). The number of halogens is 1. The van der Waals surface area contributed by atoms with Gasteiger partial charge in [-0.3, -0.25) is 9.59 Å². The van der Waals surface area contributed by atoms with Gasteiger partial charge in [0.2, 0.25) is 5.91 Å². The molecule has 1 aromatic rings. The van der Waals surface area contributed by atoms with Crippen molar-refractivity contribution in [3.05, 3.63) is 41.7 Å². The molecule has 0 aliphatic heterocycles. The van der Waals surface area contributed by atoms with E-state index in [1.54, 1.807) is 6.07 Å². The summed E-state index contributed by atoms with van der Waals surface area (Å²) in [6.45, 7) is -0.685. The van der Waals surface area contributed by atoms with Crippen LogP contribution in [0.25, 0.3) is 6.08 Å². The van der Waals surface area contributed by atoms with Gasteiger partial charge in [-0.1, -0.05) is 12.1 Å². The Labute approximate surface area is 121 Å². The highest BCUT2D eigenvalue weighted by molar-refractivity contribution is 5.90. The molecule has 0 aromatic heterocycles. The largest absolute Gasteiger partial charge is 0.452 e. The third kappa shape index (κ3) is 6.86. The normalized spacial score (nSPS) is 10.2. The summed E-state index contributed by atoms with van der Waals surface area (Å²) in [5.74, 6) is -2.11. The molecule has 0 saturated heterocycles. The Bertz CT molecular complexity index is 558. The highest BCUT2D eigenvalue weighted by Crippen LogP contribution is 2.05. The zero-order chi connectivity index (χ0) is 15.7. The number of rotatable bonds is 6. The van der Waals surface area contributed by atoms with Crippen molar-refractivity contribution < 1.29 is 23.5 Å². The van der Waals surface area contributed by atoms with Crippen LogP contribution in [0.4, 0.5) is 4.39 Å². The van der Waals surface area contributed by atoms with Crippen molar-refractivity contribution in [2.45, 2.75) is 0 Å². The number of likely N-dealkylation sites (N-methyl/N-ethyl adjacent to an activating group) is 1. The van der Waals surface area contributed by atoms with E-state index in [4.69, 9.17) is 0 Å². The standard InChI is InChI=1S/C14H15FN2O4/c1-16-12(18)8-17-13(19)9-21-14(20)6-5-10-3-2-4-11(15)7-10/h2-7H,8-9H2,1H3,(H,16,18)(H,17,19)/b6-5+. The molecule has 6 nitrogen and oxygen atoms in total. The lowest BCUT2D eigenvalue weighted by molar-refractivity contribution is -0.143. The summed E-state index contributed by atoms with van der Waals surface area (Å²) in [6, 6.07) is 5.65. The maximum absolute atomic E-state index is 12.9. The van der Waals surface area contributed by atoms with Crippen molar-refractivity contribution in [2.24, 2.45) is 0 Å². The number of amides is 2. The Hall–Kier alpha value is -2.70. The number of carbonyl (C=O) groups is 3. The molecule has 0 fully saturated rings. The molecule has 1 aromatic carbocycles. The fourth-order valence-electron chi connectivity index (χ4n) is 1.28. The molecule has 0 saturated carbocycles. The molecular weight excluding hydrogens is 279 g/mol. The lowest BCUT2D eigenvalue weighted by Gasteiger charge is -2.04. The molecule has 0 radical (unpaired) electrons. The number of hydrogen-bond acceptors (Lipinski definition) is 4. The van der Waals surface area contributed by atoms with Crippen LogP contribution in [0, 0.1) is 5.82 Å². The first-order valence-corrected chi connectivity index (χ1v) is 6.09. The quantitative estimate of drug-likeness (QED) is 0.581. The summed E-state index contributed by atoms with van der Waals surface area (Å²) in [4.78, 5) is 33.4. The third-order valence-electron chi connectivity index (χ3n) is 2.33. The van der Waals surface area contributed by atoms with Gasteiger partial charge in [0.15, 0.2) is 6.61 Å². The van der Waals surface area contributed by atoms with Crippen molar-refractivity contribution in [1.82, 2.24) is 10.6 Å². The minimum absolute atomic E-state index is 0.188. The molecule has 0 heterocycles. The summed E-state index contributed by atoms with van der Waals surface area (Å²) in [5, 5.41) is 4.59. The van der Waals surface area contributed by atoms with Crippen molar-refractivity contribution in [2.75, 3.05) is 20.2 Å². The van der Waals surface area contributed by atoms with Gasteiger partial charge < -0.3 is 15.4 Å². The predicted molar refractivity (Wildman–Crippen MR) is 73.5 cm³/mol. The van der Waals surface area contributed by atoms with Gasteiger partial charge in [0, 0.05) is 13.1 Å². The molecule has 2 N–H and O–H groups in total. The number of hydrogen-bond donors (Lipinski definition) is 2. The second-order valence-corrected chi connectivity index (χ2v) is 3.95. The first-order chi connectivity index (χ1) is 10.0. The molecule has 21 heavy (non-hydrogen) atoms. The Balaban J connectivity index is 2.34. The second kappa shape index (κ2) is 8.47. The zero-order valence-corrected chi connectivity index (χ0v) is 11.4.